The zero-order valence-electron chi connectivity index (χ0n) is 8.31. The fourth-order valence-electron chi connectivity index (χ4n) is 1.26. The Hall–Kier alpha value is -1.97. The number of hydrogen-bond donors (Lipinski definition) is 2. The molecule has 0 fully saturated rings. The standard InChI is InChI=1S/C11H13N3O/c12-9-1-3-10(4-2-9)15-8-5-11-13-6-7-14-11/h1-4,6-7H,5,8,12H2,(H,13,14). The number of nitrogens with one attached hydrogen (secondary N) is 1. The topological polar surface area (TPSA) is 63.9 Å². The van der Waals surface area contributed by atoms with Crippen LogP contribution in [0.5, 0.6) is 5.75 Å². The van der Waals surface area contributed by atoms with Crippen LogP contribution in [0.1, 0.15) is 5.82 Å². The highest BCUT2D eigenvalue weighted by atomic mass is 16.5. The highest BCUT2D eigenvalue weighted by molar-refractivity contribution is 5.41. The second-order valence-corrected chi connectivity index (χ2v) is 3.20. The third-order valence-corrected chi connectivity index (χ3v) is 2.04. The van der Waals surface area contributed by atoms with E-state index in [0.717, 1.165) is 23.7 Å². The van der Waals surface area contributed by atoms with Gasteiger partial charge in [-0.15, -0.1) is 0 Å². The first kappa shape index (κ1) is 9.58. The number of aromatic amines is 1. The molecule has 0 atom stereocenters. The highest BCUT2D eigenvalue weighted by Gasteiger charge is 1.96. The van der Waals surface area contributed by atoms with Crippen LogP contribution in [0.2, 0.25) is 0 Å². The van der Waals surface area contributed by atoms with Gasteiger partial charge in [0.05, 0.1) is 6.61 Å². The van der Waals surface area contributed by atoms with Crippen molar-refractivity contribution in [3.8, 4) is 5.75 Å². The van der Waals surface area contributed by atoms with Gasteiger partial charge in [0.2, 0.25) is 0 Å². The molecule has 1 aromatic carbocycles. The molecular formula is C11H13N3O. The molecule has 2 aromatic rings. The summed E-state index contributed by atoms with van der Waals surface area (Å²) in [6, 6.07) is 7.36. The van der Waals surface area contributed by atoms with Crippen LogP contribution in [0.3, 0.4) is 0 Å². The van der Waals surface area contributed by atoms with Gasteiger partial charge in [-0.2, -0.15) is 0 Å². The summed E-state index contributed by atoms with van der Waals surface area (Å²) < 4.78 is 5.52. The molecule has 0 unspecified atom stereocenters. The van der Waals surface area contributed by atoms with Crippen molar-refractivity contribution in [2.45, 2.75) is 6.42 Å². The van der Waals surface area contributed by atoms with Gasteiger partial charge in [0, 0.05) is 24.5 Å². The van der Waals surface area contributed by atoms with Crippen molar-refractivity contribution < 1.29 is 4.74 Å². The number of H-pyrrole nitrogens is 1. The molecule has 3 N–H and O–H groups in total. The Bertz CT molecular complexity index is 394. The fraction of sp³-hybridized carbons (Fsp3) is 0.182. The molecule has 0 aliphatic rings. The van der Waals surface area contributed by atoms with Crippen molar-refractivity contribution in [3.05, 3.63) is 42.5 Å². The number of ether oxygens (including phenoxy) is 1. The van der Waals surface area contributed by atoms with Crippen molar-refractivity contribution >= 4 is 5.69 Å². The maximum atomic E-state index is 5.56. The summed E-state index contributed by atoms with van der Waals surface area (Å²) in [5.41, 5.74) is 6.31. The van der Waals surface area contributed by atoms with Crippen LogP contribution in [0.25, 0.3) is 0 Å². The van der Waals surface area contributed by atoms with Gasteiger partial charge in [-0.05, 0) is 24.3 Å². The molecule has 2 rings (SSSR count). The Morgan fingerprint density at radius 2 is 2.07 bits per heavy atom. The number of nitrogens with zero attached hydrogens (tertiary/aromatic N) is 1. The summed E-state index contributed by atoms with van der Waals surface area (Å²) in [5.74, 6) is 1.77. The molecule has 0 bridgehead atoms. The van der Waals surface area contributed by atoms with E-state index in [2.05, 4.69) is 9.97 Å². The molecule has 78 valence electrons. The van der Waals surface area contributed by atoms with E-state index < -0.39 is 0 Å². The molecule has 0 aliphatic carbocycles. The number of nitrogens with two attached hydrogens (primary N) is 1. The quantitative estimate of drug-likeness (QED) is 0.742. The lowest BCUT2D eigenvalue weighted by Gasteiger charge is -2.04. The summed E-state index contributed by atoms with van der Waals surface area (Å²) in [7, 11) is 0. The van der Waals surface area contributed by atoms with E-state index in [1.807, 2.05) is 24.3 Å². The molecule has 0 radical (unpaired) electrons. The van der Waals surface area contributed by atoms with Crippen LogP contribution in [-0.2, 0) is 6.42 Å². The molecule has 0 spiro atoms. The van der Waals surface area contributed by atoms with E-state index in [1.165, 1.54) is 0 Å². The molecular weight excluding hydrogens is 190 g/mol. The smallest absolute Gasteiger partial charge is 0.119 e. The van der Waals surface area contributed by atoms with Gasteiger partial charge < -0.3 is 15.5 Å². The maximum absolute atomic E-state index is 5.56. The Morgan fingerprint density at radius 1 is 1.27 bits per heavy atom. The van der Waals surface area contributed by atoms with Gasteiger partial charge >= 0.3 is 0 Å². The Labute approximate surface area is 88.1 Å². The van der Waals surface area contributed by atoms with E-state index in [-0.39, 0.29) is 0 Å². The summed E-state index contributed by atoms with van der Waals surface area (Å²) in [5, 5.41) is 0. The molecule has 0 amide bonds. The lowest BCUT2D eigenvalue weighted by atomic mass is 10.3. The number of rotatable bonds is 4. The summed E-state index contributed by atoms with van der Waals surface area (Å²) >= 11 is 0. The highest BCUT2D eigenvalue weighted by Crippen LogP contribution is 2.13. The molecule has 15 heavy (non-hydrogen) atoms. The Kier molecular flexibility index (Phi) is 2.88. The number of benzene rings is 1. The first-order valence-electron chi connectivity index (χ1n) is 4.81. The second-order valence-electron chi connectivity index (χ2n) is 3.20. The predicted molar refractivity (Wildman–Crippen MR) is 58.6 cm³/mol. The summed E-state index contributed by atoms with van der Waals surface area (Å²) in [4.78, 5) is 7.13. The predicted octanol–water partition coefficient (Wildman–Crippen LogP) is 1.61. The van der Waals surface area contributed by atoms with E-state index in [0.29, 0.717) is 6.61 Å². The monoisotopic (exact) mass is 203 g/mol. The van der Waals surface area contributed by atoms with Crippen LogP contribution in [0.4, 0.5) is 5.69 Å². The number of imidazole rings is 1. The molecule has 1 aromatic heterocycles. The maximum Gasteiger partial charge on any atom is 0.119 e. The first-order chi connectivity index (χ1) is 7.34. The normalized spacial score (nSPS) is 10.1. The lowest BCUT2D eigenvalue weighted by Crippen LogP contribution is -2.02. The minimum absolute atomic E-state index is 0.609. The number of nitrogen functional groups attached to an aromatic ring is 1. The molecule has 0 saturated carbocycles. The number of aromatic nitrogens is 2. The van der Waals surface area contributed by atoms with Crippen molar-refractivity contribution in [1.82, 2.24) is 9.97 Å². The van der Waals surface area contributed by atoms with Gasteiger partial charge in [0.15, 0.2) is 0 Å². The average molecular weight is 203 g/mol. The van der Waals surface area contributed by atoms with E-state index in [4.69, 9.17) is 10.5 Å². The average Bonchev–Trinajstić information content (AvgIpc) is 2.74. The van der Waals surface area contributed by atoms with Gasteiger partial charge in [0.25, 0.3) is 0 Å². The van der Waals surface area contributed by atoms with Crippen LogP contribution < -0.4 is 10.5 Å². The molecule has 0 saturated heterocycles. The molecule has 0 aliphatic heterocycles. The van der Waals surface area contributed by atoms with E-state index in [1.54, 1.807) is 12.4 Å². The van der Waals surface area contributed by atoms with Crippen LogP contribution in [0.15, 0.2) is 36.7 Å². The second kappa shape index (κ2) is 4.50. The van der Waals surface area contributed by atoms with E-state index in [9.17, 15) is 0 Å². The Morgan fingerprint density at radius 3 is 2.73 bits per heavy atom. The fourth-order valence-corrected chi connectivity index (χ4v) is 1.26. The van der Waals surface area contributed by atoms with Crippen molar-refractivity contribution in [3.63, 3.8) is 0 Å². The molecule has 4 heteroatoms. The van der Waals surface area contributed by atoms with Gasteiger partial charge in [-0.25, -0.2) is 4.98 Å². The van der Waals surface area contributed by atoms with Crippen molar-refractivity contribution in [1.29, 1.82) is 0 Å². The number of hydrogen-bond acceptors (Lipinski definition) is 3. The van der Waals surface area contributed by atoms with Crippen molar-refractivity contribution in [2.24, 2.45) is 0 Å². The minimum Gasteiger partial charge on any atom is -0.493 e. The van der Waals surface area contributed by atoms with Gasteiger partial charge in [-0.1, -0.05) is 0 Å². The Balaban J connectivity index is 1.81. The first-order valence-corrected chi connectivity index (χ1v) is 4.81. The zero-order valence-corrected chi connectivity index (χ0v) is 8.31. The largest absolute Gasteiger partial charge is 0.493 e. The van der Waals surface area contributed by atoms with Crippen LogP contribution in [-0.4, -0.2) is 16.6 Å². The SMILES string of the molecule is Nc1ccc(OCCc2ncc[nH]2)cc1. The van der Waals surface area contributed by atoms with Gasteiger partial charge in [-0.3, -0.25) is 0 Å². The van der Waals surface area contributed by atoms with E-state index >= 15 is 0 Å². The third kappa shape index (κ3) is 2.74. The minimum atomic E-state index is 0.609. The number of anilines is 1. The third-order valence-electron chi connectivity index (χ3n) is 2.04. The molecule has 1 heterocycles. The molecule has 4 nitrogen and oxygen atoms in total. The lowest BCUT2D eigenvalue weighted by molar-refractivity contribution is 0.319. The van der Waals surface area contributed by atoms with Gasteiger partial charge in [0.1, 0.15) is 11.6 Å². The van der Waals surface area contributed by atoms with Crippen LogP contribution in [0, 0.1) is 0 Å². The van der Waals surface area contributed by atoms with Crippen LogP contribution >= 0.6 is 0 Å². The summed E-state index contributed by atoms with van der Waals surface area (Å²) in [6.07, 6.45) is 4.31. The summed E-state index contributed by atoms with van der Waals surface area (Å²) in [6.45, 7) is 0.609. The van der Waals surface area contributed by atoms with Crippen molar-refractivity contribution in [2.75, 3.05) is 12.3 Å². The zero-order chi connectivity index (χ0) is 10.5.